The summed E-state index contributed by atoms with van der Waals surface area (Å²) in [5.41, 5.74) is 0.655. The van der Waals surface area contributed by atoms with Gasteiger partial charge in [0.15, 0.2) is 23.8 Å². The SMILES string of the molecule is COc1cc(/C=C2\N=C(c3ccccc3OC(F)F)OC2=O)ccc1OCC#N. The molecule has 0 bridgehead atoms. The van der Waals surface area contributed by atoms with Gasteiger partial charge in [0.1, 0.15) is 11.8 Å². The number of nitrogens with zero attached hydrogens (tertiary/aromatic N) is 2. The number of ether oxygens (including phenoxy) is 4. The summed E-state index contributed by atoms with van der Waals surface area (Å²) in [6, 6.07) is 12.5. The number of methoxy groups -OCH3 is 1. The smallest absolute Gasteiger partial charge is 0.387 e. The molecule has 1 aliphatic rings. The first-order chi connectivity index (χ1) is 14.0. The Hall–Kier alpha value is -3.93. The Kier molecular flexibility index (Phi) is 6.04. The van der Waals surface area contributed by atoms with Crippen LogP contribution < -0.4 is 14.2 Å². The van der Waals surface area contributed by atoms with E-state index >= 15 is 0 Å². The number of para-hydroxylation sites is 1. The number of carbonyl (C=O) groups is 1. The quantitative estimate of drug-likeness (QED) is 0.522. The van der Waals surface area contributed by atoms with E-state index < -0.39 is 12.6 Å². The van der Waals surface area contributed by atoms with Crippen molar-refractivity contribution in [2.45, 2.75) is 6.61 Å². The van der Waals surface area contributed by atoms with Crippen molar-refractivity contribution in [2.75, 3.05) is 13.7 Å². The molecule has 9 heteroatoms. The summed E-state index contributed by atoms with van der Waals surface area (Å²) in [7, 11) is 1.44. The summed E-state index contributed by atoms with van der Waals surface area (Å²) in [4.78, 5) is 16.3. The molecule has 0 radical (unpaired) electrons. The molecular formula is C20H14F2N2O5. The van der Waals surface area contributed by atoms with Crippen LogP contribution in [0.3, 0.4) is 0 Å². The number of nitriles is 1. The Morgan fingerprint density at radius 1 is 1.21 bits per heavy atom. The van der Waals surface area contributed by atoms with Gasteiger partial charge in [0, 0.05) is 0 Å². The lowest BCUT2D eigenvalue weighted by Crippen LogP contribution is -2.10. The van der Waals surface area contributed by atoms with Crippen LogP contribution in [0.15, 0.2) is 53.2 Å². The first-order valence-electron chi connectivity index (χ1n) is 8.26. The standard InChI is InChI=1S/C20H14F2N2O5/c1-26-17-11-12(6-7-16(17)27-9-8-23)10-14-19(25)29-18(24-14)13-4-2-3-5-15(13)28-20(21)22/h2-7,10-11,20H,9H2,1H3/b14-10-. The second kappa shape index (κ2) is 8.84. The van der Waals surface area contributed by atoms with Gasteiger partial charge in [-0.25, -0.2) is 9.79 Å². The van der Waals surface area contributed by atoms with Gasteiger partial charge in [-0.3, -0.25) is 0 Å². The van der Waals surface area contributed by atoms with Crippen LogP contribution in [-0.2, 0) is 9.53 Å². The number of carbonyl (C=O) groups excluding carboxylic acids is 1. The molecule has 2 aromatic rings. The predicted octanol–water partition coefficient (Wildman–Crippen LogP) is 3.54. The van der Waals surface area contributed by atoms with Crippen LogP contribution in [0.25, 0.3) is 6.08 Å². The van der Waals surface area contributed by atoms with E-state index in [-0.39, 0.29) is 29.5 Å². The summed E-state index contributed by atoms with van der Waals surface area (Å²) >= 11 is 0. The molecule has 0 atom stereocenters. The van der Waals surface area contributed by atoms with Crippen molar-refractivity contribution >= 4 is 17.9 Å². The molecule has 2 aromatic carbocycles. The topological polar surface area (TPSA) is 90.1 Å². The number of benzene rings is 2. The van der Waals surface area contributed by atoms with E-state index in [9.17, 15) is 13.6 Å². The molecule has 0 amide bonds. The van der Waals surface area contributed by atoms with Crippen molar-refractivity contribution in [2.24, 2.45) is 4.99 Å². The molecule has 3 rings (SSSR count). The maximum absolute atomic E-state index is 12.6. The lowest BCUT2D eigenvalue weighted by molar-refractivity contribution is -0.129. The second-order valence-corrected chi connectivity index (χ2v) is 5.57. The van der Waals surface area contributed by atoms with Crippen LogP contribution in [0.5, 0.6) is 17.2 Å². The van der Waals surface area contributed by atoms with E-state index in [1.807, 2.05) is 6.07 Å². The third-order valence-electron chi connectivity index (χ3n) is 3.74. The number of cyclic esters (lactones) is 1. The lowest BCUT2D eigenvalue weighted by atomic mass is 10.1. The highest BCUT2D eigenvalue weighted by Gasteiger charge is 2.27. The first kappa shape index (κ1) is 19.8. The molecule has 29 heavy (non-hydrogen) atoms. The first-order valence-corrected chi connectivity index (χ1v) is 8.26. The summed E-state index contributed by atoms with van der Waals surface area (Å²) in [6.45, 7) is -3.17. The van der Waals surface area contributed by atoms with Crippen LogP contribution >= 0.6 is 0 Å². The van der Waals surface area contributed by atoms with E-state index in [1.165, 1.54) is 31.4 Å². The molecule has 0 spiro atoms. The number of halogens is 2. The number of aliphatic imine (C=N–C) groups is 1. The molecule has 148 valence electrons. The average Bonchev–Trinajstić information content (AvgIpc) is 3.07. The third-order valence-corrected chi connectivity index (χ3v) is 3.74. The van der Waals surface area contributed by atoms with Gasteiger partial charge in [0.25, 0.3) is 0 Å². The number of alkyl halides is 2. The van der Waals surface area contributed by atoms with Gasteiger partial charge in [-0.05, 0) is 35.9 Å². The molecule has 1 heterocycles. The summed E-state index contributed by atoms with van der Waals surface area (Å²) in [5, 5.41) is 8.61. The Bertz CT molecular complexity index is 1030. The van der Waals surface area contributed by atoms with Crippen molar-refractivity contribution in [3.63, 3.8) is 0 Å². The Morgan fingerprint density at radius 2 is 2.00 bits per heavy atom. The van der Waals surface area contributed by atoms with Crippen LogP contribution in [0, 0.1) is 11.3 Å². The highest BCUT2D eigenvalue weighted by atomic mass is 19.3. The fourth-order valence-electron chi connectivity index (χ4n) is 2.53. The van der Waals surface area contributed by atoms with Gasteiger partial charge in [0.05, 0.1) is 12.7 Å². The second-order valence-electron chi connectivity index (χ2n) is 5.57. The molecule has 1 aliphatic heterocycles. The van der Waals surface area contributed by atoms with E-state index in [4.69, 9.17) is 19.5 Å². The minimum atomic E-state index is -3.03. The number of esters is 1. The van der Waals surface area contributed by atoms with Gasteiger partial charge in [0.2, 0.25) is 5.90 Å². The van der Waals surface area contributed by atoms with Gasteiger partial charge in [-0.2, -0.15) is 14.0 Å². The van der Waals surface area contributed by atoms with Crippen molar-refractivity contribution in [1.29, 1.82) is 5.26 Å². The highest BCUT2D eigenvalue weighted by Crippen LogP contribution is 2.30. The number of hydrogen-bond acceptors (Lipinski definition) is 7. The number of rotatable bonds is 7. The largest absolute Gasteiger partial charge is 0.493 e. The van der Waals surface area contributed by atoms with Crippen molar-refractivity contribution < 1.29 is 32.5 Å². The van der Waals surface area contributed by atoms with Gasteiger partial charge >= 0.3 is 12.6 Å². The molecular weight excluding hydrogens is 386 g/mol. The van der Waals surface area contributed by atoms with Gasteiger partial charge in [-0.15, -0.1) is 0 Å². The highest BCUT2D eigenvalue weighted by molar-refractivity contribution is 6.13. The summed E-state index contributed by atoms with van der Waals surface area (Å²) in [6.07, 6.45) is 1.45. The van der Waals surface area contributed by atoms with Crippen molar-refractivity contribution in [3.05, 3.63) is 59.3 Å². The Balaban J connectivity index is 1.91. The van der Waals surface area contributed by atoms with E-state index in [0.29, 0.717) is 17.1 Å². The van der Waals surface area contributed by atoms with Gasteiger partial charge in [-0.1, -0.05) is 18.2 Å². The monoisotopic (exact) mass is 400 g/mol. The summed E-state index contributed by atoms with van der Waals surface area (Å²) < 4.78 is 45.2. The van der Waals surface area contributed by atoms with Crippen LogP contribution in [0.2, 0.25) is 0 Å². The third kappa shape index (κ3) is 4.68. The average molecular weight is 400 g/mol. The van der Waals surface area contributed by atoms with E-state index in [1.54, 1.807) is 24.3 Å². The minimum absolute atomic E-state index is 0.0282. The maximum Gasteiger partial charge on any atom is 0.387 e. The lowest BCUT2D eigenvalue weighted by Gasteiger charge is -2.08. The zero-order chi connectivity index (χ0) is 20.8. The fourth-order valence-corrected chi connectivity index (χ4v) is 2.53. The molecule has 0 aromatic heterocycles. The molecule has 7 nitrogen and oxygen atoms in total. The van der Waals surface area contributed by atoms with Crippen molar-refractivity contribution in [3.8, 4) is 23.3 Å². The summed E-state index contributed by atoms with van der Waals surface area (Å²) in [5.74, 6) is -0.307. The Morgan fingerprint density at radius 3 is 2.72 bits per heavy atom. The van der Waals surface area contributed by atoms with Gasteiger partial charge < -0.3 is 18.9 Å². The fraction of sp³-hybridized carbons (Fsp3) is 0.150. The molecule has 0 saturated carbocycles. The zero-order valence-electron chi connectivity index (χ0n) is 15.1. The molecule has 0 N–H and O–H groups in total. The molecule has 0 unspecified atom stereocenters. The molecule has 0 fully saturated rings. The number of hydrogen-bond donors (Lipinski definition) is 0. The molecule has 0 aliphatic carbocycles. The van der Waals surface area contributed by atoms with Crippen LogP contribution in [-0.4, -0.2) is 32.2 Å². The predicted molar refractivity (Wildman–Crippen MR) is 97.8 cm³/mol. The van der Waals surface area contributed by atoms with E-state index in [2.05, 4.69) is 9.73 Å². The maximum atomic E-state index is 12.6. The normalized spacial score (nSPS) is 14.4. The van der Waals surface area contributed by atoms with Crippen LogP contribution in [0.1, 0.15) is 11.1 Å². The molecule has 0 saturated heterocycles. The van der Waals surface area contributed by atoms with Crippen LogP contribution in [0.4, 0.5) is 8.78 Å². The van der Waals surface area contributed by atoms with Crippen molar-refractivity contribution in [1.82, 2.24) is 0 Å². The van der Waals surface area contributed by atoms with E-state index in [0.717, 1.165) is 0 Å². The zero-order valence-corrected chi connectivity index (χ0v) is 15.1. The minimum Gasteiger partial charge on any atom is -0.493 e. The Labute approximate surface area is 164 Å².